The van der Waals surface area contributed by atoms with Crippen LogP contribution in [0.2, 0.25) is 0 Å². The molecule has 0 unspecified atom stereocenters. The minimum atomic E-state index is -0.263. The van der Waals surface area contributed by atoms with Crippen molar-refractivity contribution >= 4 is 40.4 Å². The van der Waals surface area contributed by atoms with Gasteiger partial charge in [-0.2, -0.15) is 5.10 Å². The molecule has 1 aromatic heterocycles. The van der Waals surface area contributed by atoms with Gasteiger partial charge in [-0.25, -0.2) is 4.98 Å². The predicted octanol–water partition coefficient (Wildman–Crippen LogP) is 4.59. The molecule has 7 heteroatoms. The Kier molecular flexibility index (Phi) is 8.48. The highest BCUT2D eigenvalue weighted by Gasteiger charge is 2.08. The van der Waals surface area contributed by atoms with E-state index >= 15 is 0 Å². The second kappa shape index (κ2) is 10.9. The Bertz CT molecular complexity index is 701. The smallest absolute Gasteiger partial charge is 0.311 e. The van der Waals surface area contributed by atoms with E-state index in [1.807, 2.05) is 35.3 Å². The molecule has 0 aliphatic rings. The molecule has 25 heavy (non-hydrogen) atoms. The van der Waals surface area contributed by atoms with Gasteiger partial charge in [-0.05, 0) is 25.2 Å². The lowest BCUT2D eigenvalue weighted by Gasteiger charge is -2.04. The van der Waals surface area contributed by atoms with Gasteiger partial charge in [0, 0.05) is 15.8 Å². The molecule has 1 aromatic carbocycles. The van der Waals surface area contributed by atoms with Crippen LogP contribution in [0.3, 0.4) is 0 Å². The second-order valence-corrected chi connectivity index (χ2v) is 7.23. The molecule has 0 aliphatic carbocycles. The molecule has 0 atom stereocenters. The zero-order valence-corrected chi connectivity index (χ0v) is 16.2. The van der Waals surface area contributed by atoms with Gasteiger partial charge in [0.05, 0.1) is 24.9 Å². The first-order chi connectivity index (χ1) is 12.2. The van der Waals surface area contributed by atoms with Gasteiger partial charge < -0.3 is 4.74 Å². The second-order valence-electron chi connectivity index (χ2n) is 5.24. The molecule has 0 aliphatic heterocycles. The van der Waals surface area contributed by atoms with Crippen LogP contribution in [-0.2, 0) is 16.0 Å². The van der Waals surface area contributed by atoms with E-state index in [1.54, 1.807) is 13.1 Å². The summed E-state index contributed by atoms with van der Waals surface area (Å²) in [4.78, 5) is 17.0. The summed E-state index contributed by atoms with van der Waals surface area (Å²) < 4.78 is 4.92. The maximum atomic E-state index is 11.5. The summed E-state index contributed by atoms with van der Waals surface area (Å²) in [5, 5.41) is 6.77. The maximum absolute atomic E-state index is 11.5. The lowest BCUT2D eigenvalue weighted by molar-refractivity contribution is -0.142. The third kappa shape index (κ3) is 6.88. The number of hydrogen-bond donors (Lipinski definition) is 1. The number of carbonyl (C=O) groups is 1. The van der Waals surface area contributed by atoms with Crippen molar-refractivity contribution in [1.82, 2.24) is 4.98 Å². The van der Waals surface area contributed by atoms with Crippen LogP contribution in [0.15, 0.2) is 39.6 Å². The van der Waals surface area contributed by atoms with Gasteiger partial charge in [0.25, 0.3) is 0 Å². The van der Waals surface area contributed by atoms with Gasteiger partial charge in [0.15, 0.2) is 0 Å². The zero-order chi connectivity index (χ0) is 17.9. The summed E-state index contributed by atoms with van der Waals surface area (Å²) in [5.74, 6) is 0.847. The monoisotopic (exact) mass is 377 g/mol. The number of benzene rings is 1. The lowest BCUT2D eigenvalue weighted by Crippen LogP contribution is -2.07. The summed E-state index contributed by atoms with van der Waals surface area (Å²) in [6.07, 6.45) is 4.40. The third-order valence-electron chi connectivity index (χ3n) is 3.22. The van der Waals surface area contributed by atoms with E-state index in [4.69, 9.17) is 4.74 Å². The minimum absolute atomic E-state index is 0.187. The fourth-order valence-corrected chi connectivity index (χ4v) is 3.78. The summed E-state index contributed by atoms with van der Waals surface area (Å²) in [5.41, 5.74) is 4.70. The molecule has 0 bridgehead atoms. The van der Waals surface area contributed by atoms with Crippen LogP contribution in [0, 0.1) is 0 Å². The van der Waals surface area contributed by atoms with Crippen molar-refractivity contribution in [2.24, 2.45) is 5.10 Å². The standard InChI is InChI=1S/C18H23N3O2S2/c1-3-5-10-24-16-9-7-6-8-14(16)12-19-21-18-20-15(13-25-18)11-17(22)23-4-2/h6-9,12-13H,3-5,10-11H2,1-2H3,(H,20,21). The molecule has 0 fully saturated rings. The Balaban J connectivity index is 1.91. The minimum Gasteiger partial charge on any atom is -0.466 e. The van der Waals surface area contributed by atoms with Gasteiger partial charge in [0.1, 0.15) is 0 Å². The van der Waals surface area contributed by atoms with Crippen LogP contribution in [0.4, 0.5) is 5.13 Å². The predicted molar refractivity (Wildman–Crippen MR) is 106 cm³/mol. The fraction of sp³-hybridized carbons (Fsp3) is 0.389. The van der Waals surface area contributed by atoms with Crippen molar-refractivity contribution in [2.45, 2.75) is 38.0 Å². The molecule has 0 saturated carbocycles. The molecular formula is C18H23N3O2S2. The highest BCUT2D eigenvalue weighted by molar-refractivity contribution is 7.99. The molecule has 1 heterocycles. The van der Waals surface area contributed by atoms with Crippen molar-refractivity contribution in [3.63, 3.8) is 0 Å². The highest BCUT2D eigenvalue weighted by Crippen LogP contribution is 2.22. The Morgan fingerprint density at radius 2 is 2.24 bits per heavy atom. The molecule has 0 saturated heterocycles. The average molecular weight is 378 g/mol. The molecular weight excluding hydrogens is 354 g/mol. The number of ether oxygens (including phenoxy) is 1. The number of thiazole rings is 1. The molecule has 0 spiro atoms. The number of unbranched alkanes of at least 4 members (excludes halogenated alkanes) is 1. The summed E-state index contributed by atoms with van der Waals surface area (Å²) >= 11 is 3.27. The summed E-state index contributed by atoms with van der Waals surface area (Å²) in [6.45, 7) is 4.37. The van der Waals surface area contributed by atoms with E-state index < -0.39 is 0 Å². The van der Waals surface area contributed by atoms with Crippen LogP contribution in [0.5, 0.6) is 0 Å². The van der Waals surface area contributed by atoms with Gasteiger partial charge in [-0.3, -0.25) is 10.2 Å². The molecule has 2 aromatic rings. The van der Waals surface area contributed by atoms with Crippen LogP contribution < -0.4 is 5.43 Å². The maximum Gasteiger partial charge on any atom is 0.311 e. The van der Waals surface area contributed by atoms with Crippen molar-refractivity contribution in [3.8, 4) is 0 Å². The van der Waals surface area contributed by atoms with E-state index in [0.717, 1.165) is 11.3 Å². The van der Waals surface area contributed by atoms with Crippen LogP contribution in [0.25, 0.3) is 0 Å². The lowest BCUT2D eigenvalue weighted by atomic mass is 10.2. The van der Waals surface area contributed by atoms with Crippen LogP contribution in [0.1, 0.15) is 37.9 Å². The molecule has 2 rings (SSSR count). The number of aromatic nitrogens is 1. The van der Waals surface area contributed by atoms with E-state index in [0.29, 0.717) is 17.4 Å². The Morgan fingerprint density at radius 1 is 1.40 bits per heavy atom. The summed E-state index contributed by atoms with van der Waals surface area (Å²) in [7, 11) is 0. The third-order valence-corrected chi connectivity index (χ3v) is 5.19. The average Bonchev–Trinajstić information content (AvgIpc) is 3.04. The van der Waals surface area contributed by atoms with E-state index in [-0.39, 0.29) is 12.4 Å². The number of nitrogens with zero attached hydrogens (tertiary/aromatic N) is 2. The van der Waals surface area contributed by atoms with Crippen molar-refractivity contribution < 1.29 is 9.53 Å². The molecule has 0 radical (unpaired) electrons. The first kappa shape index (κ1) is 19.5. The number of rotatable bonds is 10. The van der Waals surface area contributed by atoms with Crippen molar-refractivity contribution in [2.75, 3.05) is 17.8 Å². The number of esters is 1. The number of anilines is 1. The van der Waals surface area contributed by atoms with Crippen LogP contribution in [-0.4, -0.2) is 29.5 Å². The fourth-order valence-electron chi connectivity index (χ4n) is 2.00. The summed E-state index contributed by atoms with van der Waals surface area (Å²) in [6, 6.07) is 8.21. The number of hydrazone groups is 1. The normalized spacial score (nSPS) is 11.0. The molecule has 1 N–H and O–H groups in total. The van der Waals surface area contributed by atoms with Gasteiger partial charge in [0.2, 0.25) is 5.13 Å². The number of carbonyl (C=O) groups excluding carboxylic acids is 1. The van der Waals surface area contributed by atoms with Crippen molar-refractivity contribution in [1.29, 1.82) is 0 Å². The highest BCUT2D eigenvalue weighted by atomic mass is 32.2. The largest absolute Gasteiger partial charge is 0.466 e. The molecule has 5 nitrogen and oxygen atoms in total. The molecule has 134 valence electrons. The zero-order valence-electron chi connectivity index (χ0n) is 14.5. The topological polar surface area (TPSA) is 63.6 Å². The number of thioether (sulfide) groups is 1. The SMILES string of the molecule is CCCCSc1ccccc1C=NNc1nc(CC(=O)OCC)cs1. The first-order valence-corrected chi connectivity index (χ1v) is 10.2. The first-order valence-electron chi connectivity index (χ1n) is 8.33. The number of nitrogens with one attached hydrogen (secondary N) is 1. The quantitative estimate of drug-likeness (QED) is 0.216. The van der Waals surface area contributed by atoms with E-state index in [2.05, 4.69) is 28.5 Å². The Labute approximate surface area is 156 Å². The van der Waals surface area contributed by atoms with Crippen molar-refractivity contribution in [3.05, 3.63) is 40.9 Å². The van der Waals surface area contributed by atoms with Gasteiger partial charge >= 0.3 is 5.97 Å². The van der Waals surface area contributed by atoms with E-state index in [9.17, 15) is 4.79 Å². The van der Waals surface area contributed by atoms with Gasteiger partial charge in [-0.15, -0.1) is 23.1 Å². The Hall–Kier alpha value is -1.86. The van der Waals surface area contributed by atoms with E-state index in [1.165, 1.54) is 29.1 Å². The van der Waals surface area contributed by atoms with Gasteiger partial charge in [-0.1, -0.05) is 31.5 Å². The van der Waals surface area contributed by atoms with Crippen LogP contribution >= 0.6 is 23.1 Å². The number of hydrogen-bond acceptors (Lipinski definition) is 7. The Morgan fingerprint density at radius 3 is 3.04 bits per heavy atom. The molecule has 0 amide bonds.